The summed E-state index contributed by atoms with van der Waals surface area (Å²) < 4.78 is 0. The van der Waals surface area contributed by atoms with Crippen LogP contribution >= 0.6 is 22.7 Å². The van der Waals surface area contributed by atoms with Crippen molar-refractivity contribution in [1.29, 1.82) is 0 Å². The summed E-state index contributed by atoms with van der Waals surface area (Å²) >= 11 is 3.51. The maximum Gasteiger partial charge on any atom is 0.115 e. The number of hydrogen-bond acceptors (Lipinski definition) is 3. The van der Waals surface area contributed by atoms with E-state index >= 15 is 0 Å². The molecule has 3 heteroatoms. The van der Waals surface area contributed by atoms with Gasteiger partial charge in [-0.2, -0.15) is 0 Å². The van der Waals surface area contributed by atoms with Gasteiger partial charge in [-0.25, -0.2) is 0 Å². The summed E-state index contributed by atoms with van der Waals surface area (Å²) in [6.45, 7) is 0. The Hall–Kier alpha value is -1.58. The molecule has 0 aliphatic carbocycles. The predicted octanol–water partition coefficient (Wildman–Crippen LogP) is 4.70. The Balaban J connectivity index is 2.11. The molecule has 0 aliphatic heterocycles. The topological polar surface area (TPSA) is 20.2 Å². The number of benzene rings is 1. The van der Waals surface area contributed by atoms with E-state index in [0.29, 0.717) is 5.75 Å². The first-order valence-corrected chi connectivity index (χ1v) is 7.46. The minimum absolute atomic E-state index is 0.233. The van der Waals surface area contributed by atoms with Crippen LogP contribution in [0.4, 0.5) is 0 Å². The van der Waals surface area contributed by atoms with E-state index in [-0.39, 0.29) is 5.92 Å². The number of rotatable bonds is 3. The second-order valence-electron chi connectivity index (χ2n) is 4.06. The molecule has 18 heavy (non-hydrogen) atoms. The Bertz CT molecular complexity index is 578. The van der Waals surface area contributed by atoms with E-state index in [1.165, 1.54) is 9.75 Å². The van der Waals surface area contributed by atoms with Crippen molar-refractivity contribution in [1.82, 2.24) is 0 Å². The molecule has 3 aromatic rings. The van der Waals surface area contributed by atoms with Crippen LogP contribution in [0.3, 0.4) is 0 Å². The molecule has 0 aliphatic rings. The zero-order valence-electron chi connectivity index (χ0n) is 9.61. The molecule has 0 fully saturated rings. The lowest BCUT2D eigenvalue weighted by Gasteiger charge is -2.14. The molecule has 3 rings (SSSR count). The lowest BCUT2D eigenvalue weighted by Crippen LogP contribution is -1.98. The highest BCUT2D eigenvalue weighted by Gasteiger charge is 2.18. The van der Waals surface area contributed by atoms with Crippen LogP contribution in [0.25, 0.3) is 0 Å². The largest absolute Gasteiger partial charge is 0.508 e. The molecular weight excluding hydrogens is 260 g/mol. The molecule has 1 aromatic carbocycles. The highest BCUT2D eigenvalue weighted by Crippen LogP contribution is 2.37. The fraction of sp³-hybridized carbons (Fsp3) is 0.0667. The molecule has 0 bridgehead atoms. The van der Waals surface area contributed by atoms with Gasteiger partial charge in [-0.05, 0) is 40.6 Å². The maximum absolute atomic E-state index is 9.66. The van der Waals surface area contributed by atoms with Crippen LogP contribution in [0.5, 0.6) is 5.75 Å². The predicted molar refractivity (Wildman–Crippen MR) is 77.7 cm³/mol. The van der Waals surface area contributed by atoms with E-state index in [0.717, 1.165) is 5.56 Å². The monoisotopic (exact) mass is 272 g/mol. The first-order chi connectivity index (χ1) is 8.84. The summed E-state index contributed by atoms with van der Waals surface area (Å²) in [7, 11) is 0. The summed E-state index contributed by atoms with van der Waals surface area (Å²) in [6.07, 6.45) is 0. The van der Waals surface area contributed by atoms with Crippen molar-refractivity contribution in [3.63, 3.8) is 0 Å². The van der Waals surface area contributed by atoms with Gasteiger partial charge in [0.1, 0.15) is 5.75 Å². The van der Waals surface area contributed by atoms with Gasteiger partial charge in [-0.3, -0.25) is 0 Å². The van der Waals surface area contributed by atoms with E-state index in [9.17, 15) is 5.11 Å². The van der Waals surface area contributed by atoms with Crippen molar-refractivity contribution in [3.8, 4) is 5.75 Å². The van der Waals surface area contributed by atoms with Gasteiger partial charge in [-0.15, -0.1) is 22.7 Å². The zero-order chi connectivity index (χ0) is 12.4. The van der Waals surface area contributed by atoms with E-state index in [1.807, 2.05) is 12.1 Å². The summed E-state index contributed by atoms with van der Waals surface area (Å²) in [4.78, 5) is 2.62. The molecule has 0 saturated heterocycles. The zero-order valence-corrected chi connectivity index (χ0v) is 11.2. The quantitative estimate of drug-likeness (QED) is 0.733. The number of phenols is 1. The average molecular weight is 272 g/mol. The third-order valence-electron chi connectivity index (χ3n) is 2.86. The highest BCUT2D eigenvalue weighted by molar-refractivity contribution is 7.11. The molecule has 2 heterocycles. The minimum Gasteiger partial charge on any atom is -0.508 e. The molecule has 1 N–H and O–H groups in total. The lowest BCUT2D eigenvalue weighted by molar-refractivity contribution is 0.474. The third-order valence-corrected chi connectivity index (χ3v) is 4.73. The van der Waals surface area contributed by atoms with Crippen LogP contribution in [0, 0.1) is 0 Å². The molecule has 90 valence electrons. The average Bonchev–Trinajstić information content (AvgIpc) is 3.02. The van der Waals surface area contributed by atoms with Crippen LogP contribution in [-0.4, -0.2) is 5.11 Å². The minimum atomic E-state index is 0.233. The molecule has 1 nitrogen and oxygen atoms in total. The van der Waals surface area contributed by atoms with Crippen molar-refractivity contribution >= 4 is 22.7 Å². The van der Waals surface area contributed by atoms with Gasteiger partial charge in [-0.1, -0.05) is 24.3 Å². The second-order valence-corrected chi connectivity index (χ2v) is 6.02. The fourth-order valence-corrected chi connectivity index (χ4v) is 3.90. The van der Waals surface area contributed by atoms with Crippen molar-refractivity contribution in [3.05, 3.63) is 74.6 Å². The number of hydrogen-bond donors (Lipinski definition) is 1. The van der Waals surface area contributed by atoms with Gasteiger partial charge in [0.2, 0.25) is 0 Å². The molecule has 0 spiro atoms. The van der Waals surface area contributed by atoms with Crippen molar-refractivity contribution in [2.45, 2.75) is 5.92 Å². The third kappa shape index (κ3) is 2.19. The molecule has 0 unspecified atom stereocenters. The van der Waals surface area contributed by atoms with Gasteiger partial charge >= 0.3 is 0 Å². The number of phenolic OH excluding ortho intramolecular Hbond substituents is 1. The Kier molecular flexibility index (Phi) is 3.17. The molecule has 2 aromatic heterocycles. The van der Waals surface area contributed by atoms with Gasteiger partial charge in [0.05, 0.1) is 5.92 Å². The summed E-state index contributed by atoms with van der Waals surface area (Å²) in [5, 5.41) is 13.9. The first kappa shape index (κ1) is 11.5. The molecule has 0 radical (unpaired) electrons. The van der Waals surface area contributed by atoms with Crippen LogP contribution < -0.4 is 0 Å². The van der Waals surface area contributed by atoms with Gasteiger partial charge < -0.3 is 5.11 Å². The molecule has 0 saturated carbocycles. The Labute approximate surface area is 114 Å². The second kappa shape index (κ2) is 4.96. The summed E-state index contributed by atoms with van der Waals surface area (Å²) in [5.74, 6) is 0.558. The van der Waals surface area contributed by atoms with E-state index in [4.69, 9.17) is 0 Å². The normalized spacial score (nSPS) is 10.9. The van der Waals surface area contributed by atoms with E-state index in [2.05, 4.69) is 41.1 Å². The number of thiophene rings is 2. The highest BCUT2D eigenvalue weighted by atomic mass is 32.1. The van der Waals surface area contributed by atoms with Crippen molar-refractivity contribution in [2.75, 3.05) is 0 Å². The van der Waals surface area contributed by atoms with Crippen LogP contribution in [0.1, 0.15) is 21.2 Å². The van der Waals surface area contributed by atoms with Gasteiger partial charge in [0.15, 0.2) is 0 Å². The Morgan fingerprint density at radius 2 is 1.50 bits per heavy atom. The lowest BCUT2D eigenvalue weighted by atomic mass is 9.95. The van der Waals surface area contributed by atoms with E-state index in [1.54, 1.807) is 28.7 Å². The Morgan fingerprint density at radius 3 is 2.00 bits per heavy atom. The van der Waals surface area contributed by atoms with Crippen LogP contribution in [0.2, 0.25) is 0 Å². The van der Waals surface area contributed by atoms with Gasteiger partial charge in [0.25, 0.3) is 0 Å². The van der Waals surface area contributed by atoms with E-state index < -0.39 is 0 Å². The van der Waals surface area contributed by atoms with Gasteiger partial charge in [0, 0.05) is 9.75 Å². The Morgan fingerprint density at radius 1 is 0.833 bits per heavy atom. The fourth-order valence-electron chi connectivity index (χ4n) is 2.08. The van der Waals surface area contributed by atoms with Crippen molar-refractivity contribution < 1.29 is 5.11 Å². The van der Waals surface area contributed by atoms with Crippen molar-refractivity contribution in [2.24, 2.45) is 0 Å². The SMILES string of the molecule is Oc1cccc(C(c2cccs2)c2cccs2)c1. The maximum atomic E-state index is 9.66. The molecule has 0 amide bonds. The number of aromatic hydroxyl groups is 1. The molecular formula is C15H12OS2. The summed E-state index contributed by atoms with van der Waals surface area (Å²) in [6, 6.07) is 16.0. The molecule has 0 atom stereocenters. The van der Waals surface area contributed by atoms with Crippen LogP contribution in [-0.2, 0) is 0 Å². The smallest absolute Gasteiger partial charge is 0.115 e. The summed E-state index contributed by atoms with van der Waals surface area (Å²) in [5.41, 5.74) is 1.14. The first-order valence-electron chi connectivity index (χ1n) is 5.70. The standard InChI is InChI=1S/C15H12OS2/c16-12-5-1-4-11(10-12)15(13-6-2-8-17-13)14-7-3-9-18-14/h1-10,15-16H. The van der Waals surface area contributed by atoms with Crippen LogP contribution in [0.15, 0.2) is 59.3 Å².